The fraction of sp³-hybridized carbons (Fsp3) is 0.250. The van der Waals surface area contributed by atoms with Crippen LogP contribution in [-0.4, -0.2) is 31.6 Å². The third-order valence-corrected chi connectivity index (χ3v) is 4.54. The Labute approximate surface area is 150 Å². The van der Waals surface area contributed by atoms with Gasteiger partial charge in [0.1, 0.15) is 0 Å². The Bertz CT molecular complexity index is 886. The number of phenols is 1. The first-order valence-electron chi connectivity index (χ1n) is 8.28. The van der Waals surface area contributed by atoms with Crippen LogP contribution in [0.3, 0.4) is 0 Å². The fourth-order valence-electron chi connectivity index (χ4n) is 3.18. The van der Waals surface area contributed by atoms with Crippen LogP contribution in [0, 0.1) is 5.92 Å². The summed E-state index contributed by atoms with van der Waals surface area (Å²) in [4.78, 5) is 12.2. The number of rotatable bonds is 4. The Morgan fingerprint density at radius 2 is 2.00 bits per heavy atom. The largest absolute Gasteiger partial charge is 0.504 e. The van der Waals surface area contributed by atoms with Gasteiger partial charge in [-0.05, 0) is 47.9 Å². The monoisotopic (exact) mass is 354 g/mol. The molecule has 2 aromatic rings. The van der Waals surface area contributed by atoms with Crippen molar-refractivity contribution in [3.8, 4) is 23.0 Å². The first-order valence-corrected chi connectivity index (χ1v) is 8.28. The number of carbonyl (C=O) groups excluding carboxylic acids is 1. The molecule has 2 aliphatic heterocycles. The number of phenolic OH excluding ortho intramolecular Hbond substituents is 1. The molecule has 2 aromatic carbocycles. The second-order valence-corrected chi connectivity index (χ2v) is 6.22. The van der Waals surface area contributed by atoms with Gasteiger partial charge in [-0.1, -0.05) is 12.1 Å². The molecule has 0 bridgehead atoms. The van der Waals surface area contributed by atoms with Crippen LogP contribution in [0.25, 0.3) is 6.08 Å². The lowest BCUT2D eigenvalue weighted by Gasteiger charge is -2.11. The molecule has 6 heteroatoms. The van der Waals surface area contributed by atoms with Gasteiger partial charge in [-0.15, -0.1) is 0 Å². The zero-order chi connectivity index (χ0) is 18.1. The van der Waals surface area contributed by atoms with Gasteiger partial charge in [0, 0.05) is 11.5 Å². The Morgan fingerprint density at radius 1 is 1.15 bits per heavy atom. The van der Waals surface area contributed by atoms with Crippen molar-refractivity contribution >= 4 is 12.0 Å². The summed E-state index contributed by atoms with van der Waals surface area (Å²) in [6.45, 7) is 0.543. The van der Waals surface area contributed by atoms with Crippen molar-refractivity contribution in [3.63, 3.8) is 0 Å². The van der Waals surface area contributed by atoms with E-state index in [9.17, 15) is 9.90 Å². The highest BCUT2D eigenvalue weighted by Gasteiger charge is 2.31. The van der Waals surface area contributed by atoms with Crippen LogP contribution in [0.5, 0.6) is 23.0 Å². The molecule has 2 heterocycles. The van der Waals surface area contributed by atoms with Gasteiger partial charge < -0.3 is 24.1 Å². The molecule has 4 rings (SSSR count). The lowest BCUT2D eigenvalue weighted by Crippen LogP contribution is -2.07. The van der Waals surface area contributed by atoms with Gasteiger partial charge in [-0.3, -0.25) is 0 Å². The van der Waals surface area contributed by atoms with E-state index in [1.807, 2.05) is 30.3 Å². The standard InChI is InChI=1S/C20H18O6/c1-23-18-8-12(2-4-16(18)21)6-14-10-24-20(22)15(14)7-13-3-5-17-19(9-13)26-11-25-17/h2-5,7-9,14,21H,6,10-11H2,1H3/t14-/m0/s1. The van der Waals surface area contributed by atoms with E-state index < -0.39 is 0 Å². The molecule has 1 N–H and O–H groups in total. The predicted molar refractivity (Wildman–Crippen MR) is 93.4 cm³/mol. The molecule has 0 amide bonds. The van der Waals surface area contributed by atoms with Crippen molar-refractivity contribution in [1.82, 2.24) is 0 Å². The smallest absolute Gasteiger partial charge is 0.334 e. The minimum atomic E-state index is -0.307. The molecule has 1 fully saturated rings. The summed E-state index contributed by atoms with van der Waals surface area (Å²) < 4.78 is 21.1. The zero-order valence-corrected chi connectivity index (χ0v) is 14.2. The van der Waals surface area contributed by atoms with Crippen LogP contribution in [-0.2, 0) is 16.0 Å². The van der Waals surface area contributed by atoms with Crippen molar-refractivity contribution in [2.45, 2.75) is 6.42 Å². The van der Waals surface area contributed by atoms with E-state index in [0.29, 0.717) is 35.8 Å². The Balaban J connectivity index is 1.59. The number of benzene rings is 2. The number of cyclic esters (lactones) is 1. The van der Waals surface area contributed by atoms with Crippen molar-refractivity contribution in [2.24, 2.45) is 5.92 Å². The SMILES string of the molecule is COc1cc(C[C@H]2COC(=O)C2=Cc2ccc3c(c2)OCO3)ccc1O. The lowest BCUT2D eigenvalue weighted by atomic mass is 9.92. The molecule has 1 saturated heterocycles. The van der Waals surface area contributed by atoms with E-state index in [2.05, 4.69) is 0 Å². The van der Waals surface area contributed by atoms with Gasteiger partial charge in [-0.2, -0.15) is 0 Å². The summed E-state index contributed by atoms with van der Waals surface area (Å²) in [5.74, 6) is 1.50. The quantitative estimate of drug-likeness (QED) is 0.672. The van der Waals surface area contributed by atoms with Gasteiger partial charge in [0.05, 0.1) is 13.7 Å². The fourth-order valence-corrected chi connectivity index (χ4v) is 3.18. The number of hydrogen-bond acceptors (Lipinski definition) is 6. The highest BCUT2D eigenvalue weighted by molar-refractivity contribution is 5.96. The van der Waals surface area contributed by atoms with Gasteiger partial charge in [0.2, 0.25) is 6.79 Å². The average Bonchev–Trinajstić information content (AvgIpc) is 3.24. The first kappa shape index (κ1) is 16.3. The topological polar surface area (TPSA) is 74.2 Å². The summed E-state index contributed by atoms with van der Waals surface area (Å²) in [6.07, 6.45) is 2.44. The number of aromatic hydroxyl groups is 1. The minimum absolute atomic E-state index is 0.0674. The maximum absolute atomic E-state index is 12.2. The van der Waals surface area contributed by atoms with E-state index in [1.165, 1.54) is 7.11 Å². The van der Waals surface area contributed by atoms with Crippen molar-refractivity contribution in [2.75, 3.05) is 20.5 Å². The molecule has 134 valence electrons. The third-order valence-electron chi connectivity index (χ3n) is 4.54. The van der Waals surface area contributed by atoms with E-state index >= 15 is 0 Å². The van der Waals surface area contributed by atoms with Crippen LogP contribution in [0.15, 0.2) is 42.0 Å². The second-order valence-electron chi connectivity index (χ2n) is 6.22. The molecule has 0 radical (unpaired) electrons. The van der Waals surface area contributed by atoms with Gasteiger partial charge in [0.25, 0.3) is 0 Å². The lowest BCUT2D eigenvalue weighted by molar-refractivity contribution is -0.135. The molecule has 0 saturated carbocycles. The van der Waals surface area contributed by atoms with Crippen LogP contribution in [0.2, 0.25) is 0 Å². The van der Waals surface area contributed by atoms with E-state index in [1.54, 1.807) is 12.1 Å². The molecule has 6 nitrogen and oxygen atoms in total. The van der Waals surface area contributed by atoms with Gasteiger partial charge in [-0.25, -0.2) is 4.79 Å². The van der Waals surface area contributed by atoms with E-state index in [-0.39, 0.29) is 24.4 Å². The molecule has 1 atom stereocenters. The normalized spacial score (nSPS) is 19.7. The third kappa shape index (κ3) is 3.06. The molecule has 0 spiro atoms. The highest BCUT2D eigenvalue weighted by atomic mass is 16.7. The van der Waals surface area contributed by atoms with Crippen molar-refractivity contribution in [1.29, 1.82) is 0 Å². The van der Waals surface area contributed by atoms with E-state index in [0.717, 1.165) is 11.1 Å². The van der Waals surface area contributed by atoms with Crippen LogP contribution >= 0.6 is 0 Å². The van der Waals surface area contributed by atoms with Crippen LogP contribution < -0.4 is 14.2 Å². The number of ether oxygens (including phenoxy) is 4. The van der Waals surface area contributed by atoms with Crippen LogP contribution in [0.1, 0.15) is 11.1 Å². The highest BCUT2D eigenvalue weighted by Crippen LogP contribution is 2.35. The maximum Gasteiger partial charge on any atom is 0.334 e. The summed E-state index contributed by atoms with van der Waals surface area (Å²) in [7, 11) is 1.51. The molecule has 2 aliphatic rings. The van der Waals surface area contributed by atoms with Crippen LogP contribution in [0.4, 0.5) is 0 Å². The van der Waals surface area contributed by atoms with Crippen molar-refractivity contribution in [3.05, 3.63) is 53.1 Å². The van der Waals surface area contributed by atoms with E-state index in [4.69, 9.17) is 18.9 Å². The molecular weight excluding hydrogens is 336 g/mol. The number of carbonyl (C=O) groups is 1. The predicted octanol–water partition coefficient (Wildman–Crippen LogP) is 2.93. The Hall–Kier alpha value is -3.15. The maximum atomic E-state index is 12.2. The minimum Gasteiger partial charge on any atom is -0.504 e. The number of methoxy groups -OCH3 is 1. The summed E-state index contributed by atoms with van der Waals surface area (Å²) in [5, 5.41) is 9.72. The van der Waals surface area contributed by atoms with Gasteiger partial charge in [0.15, 0.2) is 23.0 Å². The van der Waals surface area contributed by atoms with Gasteiger partial charge >= 0.3 is 5.97 Å². The zero-order valence-electron chi connectivity index (χ0n) is 14.2. The molecule has 0 aromatic heterocycles. The molecule has 0 aliphatic carbocycles. The Morgan fingerprint density at radius 3 is 2.85 bits per heavy atom. The molecule has 26 heavy (non-hydrogen) atoms. The number of hydrogen-bond donors (Lipinski definition) is 1. The Kier molecular flexibility index (Phi) is 4.16. The average molecular weight is 354 g/mol. The number of esters is 1. The number of fused-ring (bicyclic) bond motifs is 1. The second kappa shape index (κ2) is 6.63. The molecular formula is C20H18O6. The first-order chi connectivity index (χ1) is 12.6. The summed E-state index contributed by atoms with van der Waals surface area (Å²) in [5.41, 5.74) is 2.44. The van der Waals surface area contributed by atoms with Crippen molar-refractivity contribution < 1.29 is 28.8 Å². The summed E-state index contributed by atoms with van der Waals surface area (Å²) >= 11 is 0. The molecule has 0 unspecified atom stereocenters. The summed E-state index contributed by atoms with van der Waals surface area (Å²) in [6, 6.07) is 10.7.